The lowest BCUT2D eigenvalue weighted by molar-refractivity contribution is 0.0635. The highest BCUT2D eigenvalue weighted by atomic mass is 16.6. The number of hydrogen-bond donors (Lipinski definition) is 2. The predicted molar refractivity (Wildman–Crippen MR) is 110 cm³/mol. The quantitative estimate of drug-likeness (QED) is 0.780. The van der Waals surface area contributed by atoms with Crippen LogP contribution in [0.1, 0.15) is 40.0 Å². The summed E-state index contributed by atoms with van der Waals surface area (Å²) >= 11 is 0. The maximum atomic E-state index is 11.8. The third kappa shape index (κ3) is 5.88. The number of carbonyl (C=O) groups excluding carboxylic acids is 1. The minimum atomic E-state index is -0.536. The van der Waals surface area contributed by atoms with Gasteiger partial charge >= 0.3 is 6.09 Å². The van der Waals surface area contributed by atoms with Crippen molar-refractivity contribution in [2.45, 2.75) is 45.6 Å². The third-order valence-corrected chi connectivity index (χ3v) is 4.27. The summed E-state index contributed by atoms with van der Waals surface area (Å²) < 4.78 is 5.22. The molecule has 0 spiro atoms. The van der Waals surface area contributed by atoms with Crippen LogP contribution in [0.4, 0.5) is 27.7 Å². The van der Waals surface area contributed by atoms with Gasteiger partial charge in [-0.15, -0.1) is 0 Å². The van der Waals surface area contributed by atoms with Gasteiger partial charge < -0.3 is 15.0 Å². The number of carbonyl (C=O) groups is 1. The molecule has 1 amide bonds. The van der Waals surface area contributed by atoms with Crippen LogP contribution in [0.3, 0.4) is 0 Å². The zero-order valence-corrected chi connectivity index (χ0v) is 16.3. The Morgan fingerprint density at radius 1 is 1.00 bits per heavy atom. The van der Waals surface area contributed by atoms with E-state index < -0.39 is 11.7 Å². The lowest BCUT2D eigenvalue weighted by atomic mass is 10.1. The first-order valence-electron chi connectivity index (χ1n) is 9.47. The van der Waals surface area contributed by atoms with Crippen LogP contribution in [0.15, 0.2) is 42.6 Å². The van der Waals surface area contributed by atoms with E-state index in [4.69, 9.17) is 4.74 Å². The Morgan fingerprint density at radius 3 is 2.26 bits per heavy atom. The summed E-state index contributed by atoms with van der Waals surface area (Å²) in [6.45, 7) is 7.75. The van der Waals surface area contributed by atoms with Crippen molar-refractivity contribution < 1.29 is 9.53 Å². The summed E-state index contributed by atoms with van der Waals surface area (Å²) in [4.78, 5) is 18.5. The van der Waals surface area contributed by atoms with Crippen molar-refractivity contribution in [3.63, 3.8) is 0 Å². The fourth-order valence-corrected chi connectivity index (χ4v) is 3.02. The highest BCUT2D eigenvalue weighted by molar-refractivity contribution is 5.83. The van der Waals surface area contributed by atoms with Crippen molar-refractivity contribution in [1.82, 2.24) is 4.98 Å². The molecule has 1 aliphatic heterocycles. The van der Waals surface area contributed by atoms with Gasteiger partial charge in [-0.25, -0.2) is 9.78 Å². The second kappa shape index (κ2) is 8.29. The van der Waals surface area contributed by atoms with Crippen molar-refractivity contribution in [1.29, 1.82) is 0 Å². The first-order valence-corrected chi connectivity index (χ1v) is 9.47. The molecule has 0 atom stereocenters. The molecule has 6 heteroatoms. The number of amides is 1. The molecule has 1 saturated heterocycles. The molecular formula is C21H28N4O2. The molecule has 2 N–H and O–H groups in total. The van der Waals surface area contributed by atoms with Gasteiger partial charge in [-0.2, -0.15) is 0 Å². The van der Waals surface area contributed by atoms with Gasteiger partial charge in [0.2, 0.25) is 0 Å². The standard InChI is InChI=1S/C21H28N4O2/c1-21(2,3)27-20(26)24-19-12-9-17(15-22-19)23-16-7-10-18(11-8-16)25-13-5-4-6-14-25/h7-12,15,23H,4-6,13-14H2,1-3H3,(H,22,24,26). The molecule has 6 nitrogen and oxygen atoms in total. The van der Waals surface area contributed by atoms with E-state index in [1.54, 1.807) is 12.3 Å². The molecule has 27 heavy (non-hydrogen) atoms. The first-order chi connectivity index (χ1) is 12.9. The van der Waals surface area contributed by atoms with Crippen LogP contribution in [0.5, 0.6) is 0 Å². The van der Waals surface area contributed by atoms with Crippen molar-refractivity contribution in [3.05, 3.63) is 42.6 Å². The van der Waals surface area contributed by atoms with E-state index in [0.29, 0.717) is 5.82 Å². The number of pyridine rings is 1. The number of aromatic nitrogens is 1. The summed E-state index contributed by atoms with van der Waals surface area (Å²) in [6.07, 6.45) is 5.06. The number of hydrogen-bond acceptors (Lipinski definition) is 5. The highest BCUT2D eigenvalue weighted by Crippen LogP contribution is 2.24. The molecule has 0 saturated carbocycles. The topological polar surface area (TPSA) is 66.5 Å². The van der Waals surface area contributed by atoms with Crippen LogP contribution in [-0.4, -0.2) is 29.8 Å². The zero-order chi connectivity index (χ0) is 19.3. The molecule has 0 unspecified atom stereocenters. The minimum Gasteiger partial charge on any atom is -0.444 e. The van der Waals surface area contributed by atoms with Crippen molar-refractivity contribution in [2.24, 2.45) is 0 Å². The van der Waals surface area contributed by atoms with Gasteiger partial charge in [0.25, 0.3) is 0 Å². The van der Waals surface area contributed by atoms with E-state index >= 15 is 0 Å². The number of rotatable bonds is 4. The average Bonchev–Trinajstić information content (AvgIpc) is 2.63. The molecule has 3 rings (SSSR count). The fourth-order valence-electron chi connectivity index (χ4n) is 3.02. The molecule has 1 fully saturated rings. The van der Waals surface area contributed by atoms with Crippen molar-refractivity contribution in [2.75, 3.05) is 28.6 Å². The van der Waals surface area contributed by atoms with Crippen LogP contribution < -0.4 is 15.5 Å². The predicted octanol–water partition coefficient (Wildman–Crippen LogP) is 5.16. The molecule has 144 valence electrons. The van der Waals surface area contributed by atoms with Crippen LogP contribution in [-0.2, 0) is 4.74 Å². The fraction of sp³-hybridized carbons (Fsp3) is 0.429. The largest absolute Gasteiger partial charge is 0.444 e. The Bertz CT molecular complexity index is 745. The minimum absolute atomic E-state index is 0.454. The maximum absolute atomic E-state index is 11.8. The highest BCUT2D eigenvalue weighted by Gasteiger charge is 2.16. The second-order valence-electron chi connectivity index (χ2n) is 7.78. The molecule has 0 radical (unpaired) electrons. The molecule has 2 heterocycles. The van der Waals surface area contributed by atoms with E-state index in [2.05, 4.69) is 44.8 Å². The third-order valence-electron chi connectivity index (χ3n) is 4.27. The molecule has 0 bridgehead atoms. The van der Waals surface area contributed by atoms with Gasteiger partial charge in [0.15, 0.2) is 0 Å². The Kier molecular flexibility index (Phi) is 5.84. The number of benzene rings is 1. The molecule has 0 aliphatic carbocycles. The van der Waals surface area contributed by atoms with Gasteiger partial charge in [0.05, 0.1) is 11.9 Å². The monoisotopic (exact) mass is 368 g/mol. The molecule has 1 aromatic carbocycles. The van der Waals surface area contributed by atoms with E-state index in [1.165, 1.54) is 24.9 Å². The molecule has 2 aromatic rings. The lowest BCUT2D eigenvalue weighted by Crippen LogP contribution is -2.29. The van der Waals surface area contributed by atoms with Crippen molar-refractivity contribution >= 4 is 29.0 Å². The Balaban J connectivity index is 1.55. The average molecular weight is 368 g/mol. The summed E-state index contributed by atoms with van der Waals surface area (Å²) in [6, 6.07) is 12.1. The van der Waals surface area contributed by atoms with Gasteiger partial charge in [0.1, 0.15) is 11.4 Å². The number of nitrogens with one attached hydrogen (secondary N) is 2. The van der Waals surface area contributed by atoms with Gasteiger partial charge in [-0.05, 0) is 76.4 Å². The van der Waals surface area contributed by atoms with Crippen LogP contribution in [0.2, 0.25) is 0 Å². The smallest absolute Gasteiger partial charge is 0.413 e. The Morgan fingerprint density at radius 2 is 1.67 bits per heavy atom. The number of anilines is 4. The van der Waals surface area contributed by atoms with E-state index in [0.717, 1.165) is 24.5 Å². The Labute approximate surface area is 160 Å². The second-order valence-corrected chi connectivity index (χ2v) is 7.78. The van der Waals surface area contributed by atoms with E-state index in [9.17, 15) is 4.79 Å². The zero-order valence-electron chi connectivity index (χ0n) is 16.3. The van der Waals surface area contributed by atoms with Crippen LogP contribution in [0, 0.1) is 0 Å². The summed E-state index contributed by atoms with van der Waals surface area (Å²) in [5, 5.41) is 5.96. The van der Waals surface area contributed by atoms with Gasteiger partial charge in [-0.3, -0.25) is 5.32 Å². The molecule has 1 aromatic heterocycles. The van der Waals surface area contributed by atoms with Gasteiger partial charge in [0, 0.05) is 24.5 Å². The van der Waals surface area contributed by atoms with E-state index in [1.807, 2.05) is 26.8 Å². The van der Waals surface area contributed by atoms with Crippen LogP contribution >= 0.6 is 0 Å². The Hall–Kier alpha value is -2.76. The normalized spacial score (nSPS) is 14.6. The molecular weight excluding hydrogens is 340 g/mol. The number of piperidine rings is 1. The summed E-state index contributed by atoms with van der Waals surface area (Å²) in [5.41, 5.74) is 2.60. The first kappa shape index (κ1) is 19.0. The van der Waals surface area contributed by atoms with E-state index in [-0.39, 0.29) is 0 Å². The summed E-state index contributed by atoms with van der Waals surface area (Å²) in [5.74, 6) is 0.454. The number of nitrogens with zero attached hydrogens (tertiary/aromatic N) is 2. The van der Waals surface area contributed by atoms with Gasteiger partial charge in [-0.1, -0.05) is 0 Å². The van der Waals surface area contributed by atoms with Crippen LogP contribution in [0.25, 0.3) is 0 Å². The maximum Gasteiger partial charge on any atom is 0.413 e. The summed E-state index contributed by atoms with van der Waals surface area (Å²) in [7, 11) is 0. The number of ether oxygens (including phenoxy) is 1. The molecule has 1 aliphatic rings. The van der Waals surface area contributed by atoms with Crippen molar-refractivity contribution in [3.8, 4) is 0 Å². The lowest BCUT2D eigenvalue weighted by Gasteiger charge is -2.28. The SMILES string of the molecule is CC(C)(C)OC(=O)Nc1ccc(Nc2ccc(N3CCCCC3)cc2)cn1.